The number of para-hydroxylation sites is 2. The number of hydrogen-bond acceptors (Lipinski definition) is 5. The number of carbonyl (C=O) groups excluding carboxylic acids is 1. The van der Waals surface area contributed by atoms with E-state index in [9.17, 15) is 4.79 Å². The first-order valence-electron chi connectivity index (χ1n) is 7.75. The zero-order chi connectivity index (χ0) is 15.6. The molecule has 0 bridgehead atoms. The highest BCUT2D eigenvalue weighted by atomic mass is 32.1. The van der Waals surface area contributed by atoms with Gasteiger partial charge in [-0.25, -0.2) is 0 Å². The molecule has 1 aliphatic heterocycles. The second-order valence-electron chi connectivity index (χ2n) is 5.64. The lowest BCUT2D eigenvalue weighted by molar-refractivity contribution is 0.0955. The number of nitrogens with zero attached hydrogens (tertiary/aromatic N) is 2. The predicted octanol–water partition coefficient (Wildman–Crippen LogP) is 3.29. The van der Waals surface area contributed by atoms with E-state index in [2.05, 4.69) is 15.2 Å². The number of carbonyl (C=O) groups is 1. The second-order valence-corrected chi connectivity index (χ2v) is 6.59. The average molecular weight is 327 g/mol. The molecule has 1 aliphatic rings. The summed E-state index contributed by atoms with van der Waals surface area (Å²) < 4.78 is 5.87. The van der Waals surface area contributed by atoms with Crippen LogP contribution in [0.1, 0.15) is 22.5 Å². The van der Waals surface area contributed by atoms with Crippen LogP contribution in [-0.2, 0) is 0 Å². The third kappa shape index (κ3) is 2.82. The molecule has 5 nitrogen and oxygen atoms in total. The van der Waals surface area contributed by atoms with E-state index in [-0.39, 0.29) is 11.9 Å². The summed E-state index contributed by atoms with van der Waals surface area (Å²) in [5.74, 6) is -0.00980. The molecule has 3 aromatic rings. The largest absolute Gasteiger partial charge is 0.423 e. The Hall–Kier alpha value is -2.34. The summed E-state index contributed by atoms with van der Waals surface area (Å²) in [6.07, 6.45) is 2.11. The van der Waals surface area contributed by atoms with Gasteiger partial charge in [0, 0.05) is 13.1 Å². The zero-order valence-corrected chi connectivity index (χ0v) is 13.4. The summed E-state index contributed by atoms with van der Waals surface area (Å²) in [6.45, 7) is 1.52. The molecule has 0 aliphatic carbocycles. The minimum absolute atomic E-state index is 0.00980. The maximum atomic E-state index is 12.1. The van der Waals surface area contributed by atoms with Crippen LogP contribution in [0.2, 0.25) is 0 Å². The predicted molar refractivity (Wildman–Crippen MR) is 91.0 cm³/mol. The Bertz CT molecular complexity index is 779. The summed E-state index contributed by atoms with van der Waals surface area (Å²) >= 11 is 1.46. The molecule has 4 rings (SSSR count). The summed E-state index contributed by atoms with van der Waals surface area (Å²) in [6, 6.07) is 12.4. The van der Waals surface area contributed by atoms with Crippen molar-refractivity contribution >= 4 is 34.4 Å². The van der Waals surface area contributed by atoms with Crippen molar-refractivity contribution in [2.75, 3.05) is 18.0 Å². The molecule has 23 heavy (non-hydrogen) atoms. The van der Waals surface area contributed by atoms with E-state index in [1.54, 1.807) is 0 Å². The molecule has 1 atom stereocenters. The molecule has 1 aromatic carbocycles. The van der Waals surface area contributed by atoms with Gasteiger partial charge in [-0.3, -0.25) is 4.79 Å². The van der Waals surface area contributed by atoms with E-state index in [0.717, 1.165) is 35.4 Å². The molecule has 2 aromatic heterocycles. The van der Waals surface area contributed by atoms with Gasteiger partial charge in [0.25, 0.3) is 11.9 Å². The van der Waals surface area contributed by atoms with Crippen LogP contribution in [0.3, 0.4) is 0 Å². The molecule has 1 amide bonds. The molecule has 1 fully saturated rings. The van der Waals surface area contributed by atoms with Crippen LogP contribution in [-0.4, -0.2) is 30.0 Å². The van der Waals surface area contributed by atoms with Crippen molar-refractivity contribution in [2.45, 2.75) is 18.9 Å². The Kier molecular flexibility index (Phi) is 3.75. The fourth-order valence-electron chi connectivity index (χ4n) is 2.99. The van der Waals surface area contributed by atoms with Crippen molar-refractivity contribution in [3.8, 4) is 0 Å². The zero-order valence-electron chi connectivity index (χ0n) is 12.6. The number of anilines is 1. The highest BCUT2D eigenvalue weighted by Gasteiger charge is 2.28. The molecule has 118 valence electrons. The van der Waals surface area contributed by atoms with Gasteiger partial charge in [0.1, 0.15) is 5.52 Å². The van der Waals surface area contributed by atoms with Gasteiger partial charge in [-0.2, -0.15) is 4.98 Å². The van der Waals surface area contributed by atoms with Crippen LogP contribution < -0.4 is 10.2 Å². The minimum atomic E-state index is -0.00980. The van der Waals surface area contributed by atoms with Gasteiger partial charge in [-0.1, -0.05) is 18.2 Å². The van der Waals surface area contributed by atoms with E-state index in [4.69, 9.17) is 4.42 Å². The highest BCUT2D eigenvalue weighted by Crippen LogP contribution is 2.28. The first-order valence-corrected chi connectivity index (χ1v) is 8.63. The lowest BCUT2D eigenvalue weighted by Gasteiger charge is -2.22. The molecule has 0 spiro atoms. The van der Waals surface area contributed by atoms with E-state index in [1.807, 2.05) is 41.8 Å². The van der Waals surface area contributed by atoms with Gasteiger partial charge < -0.3 is 14.6 Å². The van der Waals surface area contributed by atoms with Gasteiger partial charge in [-0.05, 0) is 36.4 Å². The molecule has 0 radical (unpaired) electrons. The Morgan fingerprint density at radius 2 is 2.26 bits per heavy atom. The molecule has 1 saturated heterocycles. The van der Waals surface area contributed by atoms with Crippen molar-refractivity contribution in [1.29, 1.82) is 0 Å². The summed E-state index contributed by atoms with van der Waals surface area (Å²) in [5.41, 5.74) is 1.67. The smallest absolute Gasteiger partial charge is 0.298 e. The van der Waals surface area contributed by atoms with E-state index < -0.39 is 0 Å². The number of thiophene rings is 1. The third-order valence-electron chi connectivity index (χ3n) is 4.15. The summed E-state index contributed by atoms with van der Waals surface area (Å²) in [4.78, 5) is 19.6. The van der Waals surface area contributed by atoms with Crippen molar-refractivity contribution in [3.63, 3.8) is 0 Å². The van der Waals surface area contributed by atoms with Gasteiger partial charge >= 0.3 is 0 Å². The summed E-state index contributed by atoms with van der Waals surface area (Å²) in [5, 5.41) is 4.93. The molecular weight excluding hydrogens is 310 g/mol. The number of hydrogen-bond donors (Lipinski definition) is 1. The summed E-state index contributed by atoms with van der Waals surface area (Å²) in [7, 11) is 0. The van der Waals surface area contributed by atoms with Crippen LogP contribution in [0.5, 0.6) is 0 Å². The van der Waals surface area contributed by atoms with Gasteiger partial charge in [-0.15, -0.1) is 11.3 Å². The standard InChI is InChI=1S/C17H17N3O2S/c21-16(15-8-4-10-23-15)18-11-12-5-3-9-20(12)17-19-13-6-1-2-7-14(13)22-17/h1-2,4,6-8,10,12H,3,5,9,11H2,(H,18,21). The van der Waals surface area contributed by atoms with Crippen molar-refractivity contribution in [3.05, 3.63) is 46.7 Å². The number of amides is 1. The lowest BCUT2D eigenvalue weighted by Crippen LogP contribution is -2.40. The SMILES string of the molecule is O=C(NCC1CCCN1c1nc2ccccc2o1)c1cccs1. The Morgan fingerprint density at radius 1 is 1.35 bits per heavy atom. The van der Waals surface area contributed by atoms with Crippen LogP contribution in [0.25, 0.3) is 11.1 Å². The molecule has 3 heterocycles. The average Bonchev–Trinajstić information content (AvgIpc) is 3.31. The Morgan fingerprint density at radius 3 is 3.09 bits per heavy atom. The third-order valence-corrected chi connectivity index (χ3v) is 5.02. The van der Waals surface area contributed by atoms with Gasteiger partial charge in [0.05, 0.1) is 10.9 Å². The van der Waals surface area contributed by atoms with E-state index in [0.29, 0.717) is 12.6 Å². The number of oxazole rings is 1. The minimum Gasteiger partial charge on any atom is -0.423 e. The molecular formula is C17H17N3O2S. The van der Waals surface area contributed by atoms with Crippen LogP contribution in [0, 0.1) is 0 Å². The van der Waals surface area contributed by atoms with Crippen molar-refractivity contribution < 1.29 is 9.21 Å². The molecule has 6 heteroatoms. The van der Waals surface area contributed by atoms with Crippen LogP contribution in [0.15, 0.2) is 46.2 Å². The van der Waals surface area contributed by atoms with E-state index >= 15 is 0 Å². The first-order chi connectivity index (χ1) is 11.3. The van der Waals surface area contributed by atoms with Gasteiger partial charge in [0.15, 0.2) is 5.58 Å². The Labute approximate surface area is 137 Å². The van der Waals surface area contributed by atoms with Gasteiger partial charge in [0.2, 0.25) is 0 Å². The normalized spacial score (nSPS) is 17.7. The molecule has 1 unspecified atom stereocenters. The highest BCUT2D eigenvalue weighted by molar-refractivity contribution is 7.12. The second kappa shape index (κ2) is 6.04. The Balaban J connectivity index is 1.47. The van der Waals surface area contributed by atoms with Crippen molar-refractivity contribution in [2.24, 2.45) is 0 Å². The first kappa shape index (κ1) is 14.3. The van der Waals surface area contributed by atoms with Crippen LogP contribution >= 0.6 is 11.3 Å². The number of rotatable bonds is 4. The number of aromatic nitrogens is 1. The van der Waals surface area contributed by atoms with Crippen molar-refractivity contribution in [1.82, 2.24) is 10.3 Å². The maximum absolute atomic E-state index is 12.1. The topological polar surface area (TPSA) is 58.4 Å². The molecule has 1 N–H and O–H groups in total. The monoisotopic (exact) mass is 327 g/mol. The van der Waals surface area contributed by atoms with Crippen LogP contribution in [0.4, 0.5) is 6.01 Å². The fraction of sp³-hybridized carbons (Fsp3) is 0.294. The fourth-order valence-corrected chi connectivity index (χ4v) is 3.63. The molecule has 0 saturated carbocycles. The maximum Gasteiger partial charge on any atom is 0.298 e. The lowest BCUT2D eigenvalue weighted by atomic mass is 10.2. The number of fused-ring (bicyclic) bond motifs is 1. The quantitative estimate of drug-likeness (QED) is 0.799. The number of nitrogens with one attached hydrogen (secondary N) is 1. The number of benzene rings is 1. The van der Waals surface area contributed by atoms with E-state index in [1.165, 1.54) is 11.3 Å².